The molecule has 1 atom stereocenters. The number of ketones is 1. The van der Waals surface area contributed by atoms with E-state index in [-0.39, 0.29) is 24.0 Å². The van der Waals surface area contributed by atoms with E-state index >= 15 is 0 Å². The SMILES string of the molecule is CC.CCCC(=O)NC(CC(C)=O)C(=O)NCCN(C)C. The number of Topliss-reactive ketones (excluding diaryl/α,β-unsaturated/α-hetero) is 1. The number of hydrogen-bond donors (Lipinski definition) is 2. The van der Waals surface area contributed by atoms with E-state index in [2.05, 4.69) is 10.6 Å². The minimum atomic E-state index is -0.765. The van der Waals surface area contributed by atoms with Gasteiger partial charge in [0, 0.05) is 25.9 Å². The standard InChI is InChI=1S/C13H25N3O3.C2H6/c1-5-6-12(18)15-11(9-10(2)17)13(19)14-7-8-16(3)4;1-2/h11H,5-9H2,1-4H3,(H,14,19)(H,15,18);1-2H3. The number of carbonyl (C=O) groups excluding carboxylic acids is 3. The highest BCUT2D eigenvalue weighted by Crippen LogP contribution is 1.97. The van der Waals surface area contributed by atoms with Crippen molar-refractivity contribution >= 4 is 17.6 Å². The molecule has 0 radical (unpaired) electrons. The lowest BCUT2D eigenvalue weighted by Gasteiger charge is -2.18. The third-order valence-corrected chi connectivity index (χ3v) is 2.48. The summed E-state index contributed by atoms with van der Waals surface area (Å²) in [6, 6.07) is -0.765. The van der Waals surface area contributed by atoms with Crippen LogP contribution in [-0.2, 0) is 14.4 Å². The van der Waals surface area contributed by atoms with Crippen LogP contribution in [0.5, 0.6) is 0 Å². The highest BCUT2D eigenvalue weighted by atomic mass is 16.2. The van der Waals surface area contributed by atoms with Crippen LogP contribution in [0.1, 0.15) is 47.0 Å². The summed E-state index contributed by atoms with van der Waals surface area (Å²) in [7, 11) is 3.81. The van der Waals surface area contributed by atoms with Crippen molar-refractivity contribution in [1.29, 1.82) is 0 Å². The van der Waals surface area contributed by atoms with Crippen LogP contribution in [0.15, 0.2) is 0 Å². The molecule has 0 aliphatic rings. The predicted molar refractivity (Wildman–Crippen MR) is 85.0 cm³/mol. The molecule has 0 fully saturated rings. The normalized spacial score (nSPS) is 11.2. The Hall–Kier alpha value is -1.43. The molecule has 6 heteroatoms. The molecule has 1 unspecified atom stereocenters. The molecule has 124 valence electrons. The first kappa shape index (κ1) is 21.9. The Labute approximate surface area is 128 Å². The number of nitrogens with one attached hydrogen (secondary N) is 2. The van der Waals surface area contributed by atoms with Crippen LogP contribution in [0.3, 0.4) is 0 Å². The number of nitrogens with zero attached hydrogens (tertiary/aromatic N) is 1. The number of amides is 2. The average Bonchev–Trinajstić information content (AvgIpc) is 2.39. The maximum atomic E-state index is 11.9. The van der Waals surface area contributed by atoms with Gasteiger partial charge >= 0.3 is 0 Å². The van der Waals surface area contributed by atoms with E-state index < -0.39 is 6.04 Å². The summed E-state index contributed by atoms with van der Waals surface area (Å²) in [6.07, 6.45) is 1.10. The lowest BCUT2D eigenvalue weighted by atomic mass is 10.1. The molecule has 0 aromatic rings. The van der Waals surface area contributed by atoms with Gasteiger partial charge in [-0.2, -0.15) is 0 Å². The topological polar surface area (TPSA) is 78.5 Å². The fraction of sp³-hybridized carbons (Fsp3) is 0.800. The van der Waals surface area contributed by atoms with E-state index in [1.54, 1.807) is 0 Å². The van der Waals surface area contributed by atoms with Gasteiger partial charge in [-0.25, -0.2) is 0 Å². The van der Waals surface area contributed by atoms with Crippen LogP contribution in [0, 0.1) is 0 Å². The van der Waals surface area contributed by atoms with Gasteiger partial charge in [0.05, 0.1) is 0 Å². The number of carbonyl (C=O) groups is 3. The molecule has 2 amide bonds. The molecule has 0 saturated heterocycles. The summed E-state index contributed by atoms with van der Waals surface area (Å²) < 4.78 is 0. The Morgan fingerprint density at radius 2 is 1.71 bits per heavy atom. The van der Waals surface area contributed by atoms with Gasteiger partial charge in [-0.1, -0.05) is 20.8 Å². The zero-order chi connectivity index (χ0) is 16.8. The molecule has 0 rings (SSSR count). The van der Waals surface area contributed by atoms with Gasteiger partial charge in [0.15, 0.2) is 0 Å². The lowest BCUT2D eigenvalue weighted by Crippen LogP contribution is -2.48. The van der Waals surface area contributed by atoms with Gasteiger partial charge in [0.25, 0.3) is 0 Å². The Balaban J connectivity index is 0. The van der Waals surface area contributed by atoms with E-state index in [4.69, 9.17) is 0 Å². The lowest BCUT2D eigenvalue weighted by molar-refractivity contribution is -0.131. The maximum absolute atomic E-state index is 11.9. The molecule has 21 heavy (non-hydrogen) atoms. The molecule has 6 nitrogen and oxygen atoms in total. The molecule has 0 aliphatic carbocycles. The molecule has 0 aliphatic heterocycles. The minimum Gasteiger partial charge on any atom is -0.353 e. The van der Waals surface area contributed by atoms with E-state index in [1.165, 1.54) is 6.92 Å². The van der Waals surface area contributed by atoms with Crippen molar-refractivity contribution in [3.05, 3.63) is 0 Å². The van der Waals surface area contributed by atoms with Crippen LogP contribution < -0.4 is 10.6 Å². The molecule has 0 heterocycles. The zero-order valence-corrected chi connectivity index (χ0v) is 14.3. The van der Waals surface area contributed by atoms with Crippen molar-refractivity contribution in [3.8, 4) is 0 Å². The number of hydrogen-bond acceptors (Lipinski definition) is 4. The second-order valence-electron chi connectivity index (χ2n) is 4.87. The van der Waals surface area contributed by atoms with Gasteiger partial charge in [-0.05, 0) is 27.4 Å². The molecule has 0 aromatic heterocycles. The van der Waals surface area contributed by atoms with Crippen LogP contribution in [0.25, 0.3) is 0 Å². The molecule has 0 spiro atoms. The molecular weight excluding hydrogens is 270 g/mol. The fourth-order valence-electron chi connectivity index (χ4n) is 1.52. The molecule has 0 saturated carbocycles. The first-order valence-electron chi connectivity index (χ1n) is 7.58. The van der Waals surface area contributed by atoms with E-state index in [0.717, 1.165) is 0 Å². The predicted octanol–water partition coefficient (Wildman–Crippen LogP) is 0.954. The number of rotatable bonds is 9. The first-order valence-corrected chi connectivity index (χ1v) is 7.58. The Kier molecular flexibility index (Phi) is 14.1. The van der Waals surface area contributed by atoms with Gasteiger partial charge in [-0.15, -0.1) is 0 Å². The van der Waals surface area contributed by atoms with Crippen LogP contribution in [0.4, 0.5) is 0 Å². The summed E-state index contributed by atoms with van der Waals surface area (Å²) in [5.74, 6) is -0.623. The Morgan fingerprint density at radius 1 is 1.14 bits per heavy atom. The van der Waals surface area contributed by atoms with E-state index in [0.29, 0.717) is 25.9 Å². The van der Waals surface area contributed by atoms with Crippen LogP contribution in [0.2, 0.25) is 0 Å². The molecule has 0 bridgehead atoms. The summed E-state index contributed by atoms with van der Waals surface area (Å²) in [6.45, 7) is 8.49. The van der Waals surface area contributed by atoms with Crippen LogP contribution >= 0.6 is 0 Å². The first-order chi connectivity index (χ1) is 9.86. The second kappa shape index (κ2) is 13.5. The van der Waals surface area contributed by atoms with Crippen molar-refractivity contribution < 1.29 is 14.4 Å². The summed E-state index contributed by atoms with van der Waals surface area (Å²) in [5.41, 5.74) is 0. The van der Waals surface area contributed by atoms with Crippen molar-refractivity contribution in [2.24, 2.45) is 0 Å². The highest BCUT2D eigenvalue weighted by molar-refractivity contribution is 5.91. The minimum absolute atomic E-state index is 0.0310. The van der Waals surface area contributed by atoms with Gasteiger partial charge in [0.1, 0.15) is 11.8 Å². The molecular formula is C15H31N3O3. The van der Waals surface area contributed by atoms with Gasteiger partial charge in [0.2, 0.25) is 11.8 Å². The molecule has 0 aromatic carbocycles. The largest absolute Gasteiger partial charge is 0.353 e. The Morgan fingerprint density at radius 3 is 2.14 bits per heavy atom. The quantitative estimate of drug-likeness (QED) is 0.665. The zero-order valence-electron chi connectivity index (χ0n) is 14.3. The van der Waals surface area contributed by atoms with Gasteiger partial charge < -0.3 is 15.5 Å². The summed E-state index contributed by atoms with van der Waals surface area (Å²) in [4.78, 5) is 36.5. The van der Waals surface area contributed by atoms with Gasteiger partial charge in [-0.3, -0.25) is 14.4 Å². The monoisotopic (exact) mass is 301 g/mol. The summed E-state index contributed by atoms with van der Waals surface area (Å²) in [5, 5.41) is 5.32. The second-order valence-corrected chi connectivity index (χ2v) is 4.87. The van der Waals surface area contributed by atoms with Crippen molar-refractivity contribution in [1.82, 2.24) is 15.5 Å². The highest BCUT2D eigenvalue weighted by Gasteiger charge is 2.21. The number of likely N-dealkylation sites (N-methyl/N-ethyl adjacent to an activating group) is 1. The smallest absolute Gasteiger partial charge is 0.243 e. The average molecular weight is 301 g/mol. The van der Waals surface area contributed by atoms with Crippen molar-refractivity contribution in [3.63, 3.8) is 0 Å². The van der Waals surface area contributed by atoms with Crippen molar-refractivity contribution in [2.45, 2.75) is 53.0 Å². The Bertz CT molecular complexity index is 317. The van der Waals surface area contributed by atoms with E-state index in [1.807, 2.05) is 39.8 Å². The fourth-order valence-corrected chi connectivity index (χ4v) is 1.52. The van der Waals surface area contributed by atoms with E-state index in [9.17, 15) is 14.4 Å². The molecule has 2 N–H and O–H groups in total. The van der Waals surface area contributed by atoms with Crippen LogP contribution in [-0.4, -0.2) is 55.7 Å². The van der Waals surface area contributed by atoms with Crippen molar-refractivity contribution in [2.75, 3.05) is 27.2 Å². The maximum Gasteiger partial charge on any atom is 0.243 e. The summed E-state index contributed by atoms with van der Waals surface area (Å²) >= 11 is 0. The third-order valence-electron chi connectivity index (χ3n) is 2.48. The third kappa shape index (κ3) is 13.3.